The van der Waals surface area contributed by atoms with Gasteiger partial charge in [-0.05, 0) is 31.0 Å². The van der Waals surface area contributed by atoms with Crippen LogP contribution in [0, 0.1) is 0 Å². The van der Waals surface area contributed by atoms with Crippen molar-refractivity contribution >= 4 is 5.96 Å². The quantitative estimate of drug-likeness (QED) is 0.500. The first-order chi connectivity index (χ1) is 12.2. The van der Waals surface area contributed by atoms with Gasteiger partial charge in [-0.15, -0.1) is 0 Å². The monoisotopic (exact) mass is 345 g/mol. The molecule has 0 bridgehead atoms. The molecule has 0 aliphatic heterocycles. The minimum atomic E-state index is -0.625. The molecule has 0 fully saturated rings. The van der Waals surface area contributed by atoms with Gasteiger partial charge in [0.25, 0.3) is 0 Å². The van der Waals surface area contributed by atoms with Crippen molar-refractivity contribution in [3.8, 4) is 0 Å². The molecule has 2 aromatic heterocycles. The topological polar surface area (TPSA) is 95.6 Å². The Kier molecular flexibility index (Phi) is 7.40. The Balaban J connectivity index is 2.02. The maximum absolute atomic E-state index is 10.3. The van der Waals surface area contributed by atoms with Gasteiger partial charge in [-0.2, -0.15) is 0 Å². The summed E-state index contributed by atoms with van der Waals surface area (Å²) >= 11 is 0. The number of hydrogen-bond donors (Lipinski definition) is 3. The fraction of sp³-hybridized carbons (Fsp3) is 0.500. The van der Waals surface area contributed by atoms with Crippen molar-refractivity contribution in [1.82, 2.24) is 20.8 Å². The van der Waals surface area contributed by atoms with Gasteiger partial charge in [0.2, 0.25) is 0 Å². The molecular weight excluding hydrogens is 318 g/mol. The molecule has 0 aliphatic carbocycles. The lowest BCUT2D eigenvalue weighted by molar-refractivity contribution is 0.180. The van der Waals surface area contributed by atoms with E-state index in [0.29, 0.717) is 19.0 Å². The molecule has 2 rings (SSSR count). The van der Waals surface area contributed by atoms with E-state index in [4.69, 9.17) is 4.52 Å². The summed E-state index contributed by atoms with van der Waals surface area (Å²) in [5.41, 5.74) is 2.82. The van der Waals surface area contributed by atoms with E-state index in [-0.39, 0.29) is 0 Å². The highest BCUT2D eigenvalue weighted by Gasteiger charge is 2.13. The van der Waals surface area contributed by atoms with E-state index in [0.717, 1.165) is 42.0 Å². The van der Waals surface area contributed by atoms with Crippen molar-refractivity contribution < 1.29 is 9.63 Å². The van der Waals surface area contributed by atoms with Crippen LogP contribution in [0.15, 0.2) is 34.0 Å². The Morgan fingerprint density at radius 3 is 2.60 bits per heavy atom. The molecule has 1 unspecified atom stereocenters. The highest BCUT2D eigenvalue weighted by Crippen LogP contribution is 2.17. The smallest absolute Gasteiger partial charge is 0.191 e. The van der Waals surface area contributed by atoms with Gasteiger partial charge in [0, 0.05) is 37.5 Å². The fourth-order valence-corrected chi connectivity index (χ4v) is 2.51. The molecule has 0 radical (unpaired) electrons. The van der Waals surface area contributed by atoms with Crippen LogP contribution in [-0.4, -0.2) is 34.3 Å². The number of aliphatic hydroxyl groups excluding tert-OH is 1. The average molecular weight is 345 g/mol. The van der Waals surface area contributed by atoms with Gasteiger partial charge in [0.1, 0.15) is 5.76 Å². The Bertz CT molecular complexity index is 648. The van der Waals surface area contributed by atoms with Gasteiger partial charge in [0.15, 0.2) is 5.96 Å². The number of nitrogens with zero attached hydrogens (tertiary/aromatic N) is 3. The Hall–Kier alpha value is -2.41. The highest BCUT2D eigenvalue weighted by atomic mass is 16.5. The van der Waals surface area contributed by atoms with Crippen molar-refractivity contribution in [2.24, 2.45) is 4.99 Å². The van der Waals surface area contributed by atoms with Crippen LogP contribution in [0.4, 0.5) is 0 Å². The first kappa shape index (κ1) is 18.9. The Morgan fingerprint density at radius 1 is 1.20 bits per heavy atom. The summed E-state index contributed by atoms with van der Waals surface area (Å²) in [4.78, 5) is 8.57. The third-order valence-electron chi connectivity index (χ3n) is 3.90. The number of aryl methyl sites for hydroxylation is 2. The van der Waals surface area contributed by atoms with Crippen molar-refractivity contribution in [2.75, 3.05) is 13.1 Å². The molecule has 2 aromatic rings. The summed E-state index contributed by atoms with van der Waals surface area (Å²) in [5, 5.41) is 20.7. The lowest BCUT2D eigenvalue weighted by atomic mass is 10.1. The van der Waals surface area contributed by atoms with Gasteiger partial charge < -0.3 is 20.3 Å². The Morgan fingerprint density at radius 2 is 1.96 bits per heavy atom. The van der Waals surface area contributed by atoms with Gasteiger partial charge in [-0.1, -0.05) is 19.0 Å². The van der Waals surface area contributed by atoms with Gasteiger partial charge in [-0.25, -0.2) is 4.99 Å². The highest BCUT2D eigenvalue weighted by molar-refractivity contribution is 5.79. The predicted octanol–water partition coefficient (Wildman–Crippen LogP) is 1.98. The predicted molar refractivity (Wildman–Crippen MR) is 97.3 cm³/mol. The standard InChI is InChI=1S/C18H27N5O2/c1-4-15-14(17(5-2)25-23-15)11-21-18(20-6-3)22-12-16(24)13-7-9-19-10-8-13/h7-10,16,24H,4-6,11-12H2,1-3H3,(H2,20,21,22). The third-order valence-corrected chi connectivity index (χ3v) is 3.90. The third kappa shape index (κ3) is 5.29. The molecule has 0 amide bonds. The molecule has 3 N–H and O–H groups in total. The molecule has 136 valence electrons. The summed E-state index contributed by atoms with van der Waals surface area (Å²) in [6.07, 6.45) is 4.33. The second-order valence-electron chi connectivity index (χ2n) is 5.61. The number of aliphatic hydroxyl groups is 1. The van der Waals surface area contributed by atoms with E-state index in [1.54, 1.807) is 24.5 Å². The summed E-state index contributed by atoms with van der Waals surface area (Å²) in [5.74, 6) is 1.54. The number of aromatic nitrogens is 2. The number of guanidine groups is 1. The molecule has 1 atom stereocenters. The summed E-state index contributed by atoms with van der Waals surface area (Å²) in [7, 11) is 0. The molecule has 25 heavy (non-hydrogen) atoms. The van der Waals surface area contributed by atoms with Gasteiger partial charge >= 0.3 is 0 Å². The number of aliphatic imine (C=N–C) groups is 1. The lowest BCUT2D eigenvalue weighted by Crippen LogP contribution is -2.39. The molecule has 2 heterocycles. The maximum Gasteiger partial charge on any atom is 0.191 e. The van der Waals surface area contributed by atoms with Gasteiger partial charge in [-0.3, -0.25) is 4.98 Å². The number of rotatable bonds is 8. The molecule has 7 nitrogen and oxygen atoms in total. The molecule has 7 heteroatoms. The van der Waals surface area contributed by atoms with Crippen LogP contribution >= 0.6 is 0 Å². The molecule has 0 saturated heterocycles. The second kappa shape index (κ2) is 9.78. The minimum absolute atomic E-state index is 0.362. The molecule has 0 saturated carbocycles. The van der Waals surface area contributed by atoms with Crippen LogP contribution in [0.3, 0.4) is 0 Å². The maximum atomic E-state index is 10.3. The molecular formula is C18H27N5O2. The van der Waals surface area contributed by atoms with Crippen LogP contribution in [0.2, 0.25) is 0 Å². The van der Waals surface area contributed by atoms with Crippen LogP contribution in [-0.2, 0) is 19.4 Å². The van der Waals surface area contributed by atoms with Crippen molar-refractivity contribution in [1.29, 1.82) is 0 Å². The van der Waals surface area contributed by atoms with Crippen LogP contribution in [0.1, 0.15) is 49.5 Å². The molecule has 0 aliphatic rings. The van der Waals surface area contributed by atoms with Crippen LogP contribution in [0.25, 0.3) is 0 Å². The van der Waals surface area contributed by atoms with Crippen molar-refractivity contribution in [2.45, 2.75) is 46.3 Å². The van der Waals surface area contributed by atoms with Crippen molar-refractivity contribution in [3.05, 3.63) is 47.1 Å². The zero-order valence-corrected chi connectivity index (χ0v) is 15.1. The second-order valence-corrected chi connectivity index (χ2v) is 5.61. The molecule has 0 spiro atoms. The van der Waals surface area contributed by atoms with Crippen LogP contribution < -0.4 is 10.6 Å². The fourth-order valence-electron chi connectivity index (χ4n) is 2.51. The first-order valence-corrected chi connectivity index (χ1v) is 8.75. The van der Waals surface area contributed by atoms with E-state index in [1.165, 1.54) is 0 Å². The van der Waals surface area contributed by atoms with Crippen molar-refractivity contribution in [3.63, 3.8) is 0 Å². The Labute approximate surface area is 148 Å². The minimum Gasteiger partial charge on any atom is -0.387 e. The summed E-state index contributed by atoms with van der Waals surface area (Å²) in [6.45, 7) is 7.70. The average Bonchev–Trinajstić information content (AvgIpc) is 3.06. The van der Waals surface area contributed by atoms with Gasteiger partial charge in [0.05, 0.1) is 18.3 Å². The zero-order valence-electron chi connectivity index (χ0n) is 15.1. The SMILES string of the molecule is CCNC(=NCc1c(CC)noc1CC)NCC(O)c1ccncc1. The number of hydrogen-bond acceptors (Lipinski definition) is 5. The van der Waals surface area contributed by atoms with E-state index in [2.05, 4.69) is 32.7 Å². The van der Waals surface area contributed by atoms with E-state index >= 15 is 0 Å². The summed E-state index contributed by atoms with van der Waals surface area (Å²) in [6, 6.07) is 3.60. The normalized spacial score (nSPS) is 12.9. The molecule has 0 aromatic carbocycles. The van der Waals surface area contributed by atoms with E-state index in [1.807, 2.05) is 13.8 Å². The van der Waals surface area contributed by atoms with E-state index < -0.39 is 6.10 Å². The lowest BCUT2D eigenvalue weighted by Gasteiger charge is -2.15. The van der Waals surface area contributed by atoms with E-state index in [9.17, 15) is 5.11 Å². The number of pyridine rings is 1. The largest absolute Gasteiger partial charge is 0.387 e. The zero-order chi connectivity index (χ0) is 18.1. The number of nitrogens with one attached hydrogen (secondary N) is 2. The summed E-state index contributed by atoms with van der Waals surface area (Å²) < 4.78 is 5.38. The first-order valence-electron chi connectivity index (χ1n) is 8.75. The van der Waals surface area contributed by atoms with Crippen LogP contribution in [0.5, 0.6) is 0 Å².